The lowest BCUT2D eigenvalue weighted by Gasteiger charge is -2.12. The van der Waals surface area contributed by atoms with Crippen molar-refractivity contribution < 1.29 is 0 Å². The molecule has 2 aromatic carbocycles. The molecule has 0 unspecified atom stereocenters. The van der Waals surface area contributed by atoms with Crippen LogP contribution in [0.3, 0.4) is 0 Å². The van der Waals surface area contributed by atoms with Gasteiger partial charge in [-0.15, -0.1) is 0 Å². The quantitative estimate of drug-likeness (QED) is 0.491. The second-order valence-electron chi connectivity index (χ2n) is 4.98. The molecule has 0 bridgehead atoms. The highest BCUT2D eigenvalue weighted by Crippen LogP contribution is 2.31. The van der Waals surface area contributed by atoms with E-state index in [1.165, 1.54) is 0 Å². The van der Waals surface area contributed by atoms with Gasteiger partial charge in [0.1, 0.15) is 6.07 Å². The smallest absolute Gasteiger partial charge is 0.100 e. The summed E-state index contributed by atoms with van der Waals surface area (Å²) in [7, 11) is 0. The standard InChI is InChI=1S/C20H13ClN2/c21-18-10-8-15(9-11-18)19(13-22)20(16-5-2-1-3-6-16)17-7-4-12-23-14-17/h1-12,14H. The Bertz CT molecular complexity index is 820. The van der Waals surface area contributed by atoms with E-state index in [4.69, 9.17) is 11.6 Å². The van der Waals surface area contributed by atoms with Crippen molar-refractivity contribution in [2.24, 2.45) is 0 Å². The highest BCUT2D eigenvalue weighted by atomic mass is 35.5. The monoisotopic (exact) mass is 316 g/mol. The molecule has 0 aliphatic rings. The summed E-state index contributed by atoms with van der Waals surface area (Å²) < 4.78 is 0. The molecule has 0 N–H and O–H groups in total. The second-order valence-corrected chi connectivity index (χ2v) is 5.41. The zero-order valence-corrected chi connectivity index (χ0v) is 13.0. The first-order valence-corrected chi connectivity index (χ1v) is 7.53. The van der Waals surface area contributed by atoms with Crippen LogP contribution in [0.1, 0.15) is 16.7 Å². The van der Waals surface area contributed by atoms with Crippen LogP contribution >= 0.6 is 11.6 Å². The summed E-state index contributed by atoms with van der Waals surface area (Å²) in [5.74, 6) is 0. The minimum atomic E-state index is 0.598. The van der Waals surface area contributed by atoms with Gasteiger partial charge in [0.05, 0.1) is 5.57 Å². The van der Waals surface area contributed by atoms with E-state index in [-0.39, 0.29) is 0 Å². The van der Waals surface area contributed by atoms with Crippen molar-refractivity contribution in [1.29, 1.82) is 5.26 Å². The third kappa shape index (κ3) is 3.31. The van der Waals surface area contributed by atoms with E-state index < -0.39 is 0 Å². The van der Waals surface area contributed by atoms with Crippen molar-refractivity contribution in [2.45, 2.75) is 0 Å². The first kappa shape index (κ1) is 15.0. The number of hydrogen-bond donors (Lipinski definition) is 0. The lowest BCUT2D eigenvalue weighted by atomic mass is 9.91. The van der Waals surface area contributed by atoms with E-state index in [2.05, 4.69) is 11.1 Å². The molecule has 23 heavy (non-hydrogen) atoms. The van der Waals surface area contributed by atoms with Crippen LogP contribution in [0.5, 0.6) is 0 Å². The third-order valence-electron chi connectivity index (χ3n) is 3.51. The van der Waals surface area contributed by atoms with Crippen molar-refractivity contribution in [3.05, 3.63) is 101 Å². The average molecular weight is 317 g/mol. The molecule has 1 heterocycles. The Balaban J connectivity index is 2.28. The van der Waals surface area contributed by atoms with Crippen LogP contribution in [-0.4, -0.2) is 4.98 Å². The van der Waals surface area contributed by atoms with E-state index >= 15 is 0 Å². The number of rotatable bonds is 3. The van der Waals surface area contributed by atoms with Crippen LogP contribution in [0.15, 0.2) is 79.1 Å². The zero-order valence-electron chi connectivity index (χ0n) is 12.3. The molecule has 0 spiro atoms. The molecule has 0 radical (unpaired) electrons. The van der Waals surface area contributed by atoms with Crippen molar-refractivity contribution in [3.8, 4) is 6.07 Å². The largest absolute Gasteiger partial charge is 0.264 e. The normalized spacial score (nSPS) is 11.5. The molecule has 3 rings (SSSR count). The Kier molecular flexibility index (Phi) is 4.52. The van der Waals surface area contributed by atoms with Gasteiger partial charge in [-0.25, -0.2) is 0 Å². The van der Waals surface area contributed by atoms with Crippen molar-refractivity contribution in [3.63, 3.8) is 0 Å². The molecule has 0 aliphatic carbocycles. The number of pyridine rings is 1. The van der Waals surface area contributed by atoms with Gasteiger partial charge in [0.25, 0.3) is 0 Å². The number of benzene rings is 2. The molecule has 110 valence electrons. The summed E-state index contributed by atoms with van der Waals surface area (Å²) in [6, 6.07) is 23.4. The maximum atomic E-state index is 9.78. The average Bonchev–Trinajstić information content (AvgIpc) is 2.62. The van der Waals surface area contributed by atoms with Crippen LogP contribution in [0.2, 0.25) is 5.02 Å². The molecule has 0 saturated heterocycles. The van der Waals surface area contributed by atoms with E-state index in [0.717, 1.165) is 22.3 Å². The Morgan fingerprint density at radius 3 is 2.13 bits per heavy atom. The fourth-order valence-electron chi connectivity index (χ4n) is 2.45. The van der Waals surface area contributed by atoms with Crippen LogP contribution in [0.4, 0.5) is 0 Å². The number of nitriles is 1. The van der Waals surface area contributed by atoms with Gasteiger partial charge in [0.2, 0.25) is 0 Å². The predicted molar refractivity (Wildman–Crippen MR) is 93.7 cm³/mol. The third-order valence-corrected chi connectivity index (χ3v) is 3.76. The minimum absolute atomic E-state index is 0.598. The van der Waals surface area contributed by atoms with E-state index in [9.17, 15) is 5.26 Å². The minimum Gasteiger partial charge on any atom is -0.264 e. The molecule has 0 amide bonds. The topological polar surface area (TPSA) is 36.7 Å². The SMILES string of the molecule is N#CC(=C(c1ccccc1)c1cccnc1)c1ccc(Cl)cc1. The molecule has 3 aromatic rings. The van der Waals surface area contributed by atoms with Gasteiger partial charge in [-0.1, -0.05) is 60.1 Å². The van der Waals surface area contributed by atoms with Gasteiger partial charge < -0.3 is 0 Å². The van der Waals surface area contributed by atoms with Crippen molar-refractivity contribution >= 4 is 22.7 Å². The summed E-state index contributed by atoms with van der Waals surface area (Å²) >= 11 is 5.96. The molecule has 3 heteroatoms. The maximum absolute atomic E-state index is 9.78. The Morgan fingerprint density at radius 2 is 1.52 bits per heavy atom. The van der Waals surface area contributed by atoms with Crippen molar-refractivity contribution in [2.75, 3.05) is 0 Å². The lowest BCUT2D eigenvalue weighted by Crippen LogP contribution is -1.94. The van der Waals surface area contributed by atoms with E-state index in [0.29, 0.717) is 10.6 Å². The van der Waals surface area contributed by atoms with Crippen LogP contribution < -0.4 is 0 Å². The number of aromatic nitrogens is 1. The summed E-state index contributed by atoms with van der Waals surface area (Å²) in [6.07, 6.45) is 3.50. The lowest BCUT2D eigenvalue weighted by molar-refractivity contribution is 1.31. The fraction of sp³-hybridized carbons (Fsp3) is 0. The number of hydrogen-bond acceptors (Lipinski definition) is 2. The van der Waals surface area contributed by atoms with Gasteiger partial charge in [-0.2, -0.15) is 5.26 Å². The molecule has 0 atom stereocenters. The molecular weight excluding hydrogens is 304 g/mol. The number of nitrogens with zero attached hydrogens (tertiary/aromatic N) is 2. The first-order valence-electron chi connectivity index (χ1n) is 7.16. The number of halogens is 1. The molecule has 2 nitrogen and oxygen atoms in total. The Hall–Kier alpha value is -2.89. The fourth-order valence-corrected chi connectivity index (χ4v) is 2.58. The highest BCUT2D eigenvalue weighted by Gasteiger charge is 2.13. The van der Waals surface area contributed by atoms with Gasteiger partial charge in [0, 0.05) is 28.6 Å². The summed E-state index contributed by atoms with van der Waals surface area (Å²) in [4.78, 5) is 4.19. The van der Waals surface area contributed by atoms with Gasteiger partial charge in [0.15, 0.2) is 0 Å². The van der Waals surface area contributed by atoms with Crippen LogP contribution in [-0.2, 0) is 0 Å². The Morgan fingerprint density at radius 1 is 0.826 bits per heavy atom. The molecule has 1 aromatic heterocycles. The summed E-state index contributed by atoms with van der Waals surface area (Å²) in [5.41, 5.74) is 4.18. The summed E-state index contributed by atoms with van der Waals surface area (Å²) in [5, 5.41) is 10.4. The molecule has 0 saturated carbocycles. The highest BCUT2D eigenvalue weighted by molar-refractivity contribution is 6.30. The van der Waals surface area contributed by atoms with Crippen LogP contribution in [0, 0.1) is 11.3 Å². The zero-order chi connectivity index (χ0) is 16.1. The van der Waals surface area contributed by atoms with E-state index in [1.54, 1.807) is 24.5 Å². The van der Waals surface area contributed by atoms with Crippen molar-refractivity contribution in [1.82, 2.24) is 4.98 Å². The maximum Gasteiger partial charge on any atom is 0.100 e. The van der Waals surface area contributed by atoms with Crippen LogP contribution in [0.25, 0.3) is 11.1 Å². The van der Waals surface area contributed by atoms with Gasteiger partial charge in [-0.3, -0.25) is 4.98 Å². The molecule has 0 fully saturated rings. The first-order chi connectivity index (χ1) is 11.3. The van der Waals surface area contributed by atoms with Gasteiger partial charge >= 0.3 is 0 Å². The molecule has 0 aliphatic heterocycles. The number of allylic oxidation sites excluding steroid dienone is 1. The van der Waals surface area contributed by atoms with E-state index in [1.807, 2.05) is 54.6 Å². The molecular formula is C20H13ClN2. The Labute approximate surface area is 140 Å². The summed E-state index contributed by atoms with van der Waals surface area (Å²) in [6.45, 7) is 0. The second kappa shape index (κ2) is 6.91. The van der Waals surface area contributed by atoms with Gasteiger partial charge in [-0.05, 0) is 29.3 Å². The predicted octanol–water partition coefficient (Wildman–Crippen LogP) is 5.22.